The lowest BCUT2D eigenvalue weighted by atomic mass is 9.33. The summed E-state index contributed by atoms with van der Waals surface area (Å²) in [7, 11) is 0. The SMILES string of the molecule is CC(=O)OC(O)[C@@H]1CC[C@@]2(C)C(CC[C@]3(C)[C@@H]2C(=O)C=C2[C@H]4C[C@@](C)(C(N)=O)CC[C@]4(C)CC[C@]23C)C1(C)C. The molecule has 0 radical (unpaired) electrons. The number of aliphatic hydroxyl groups is 1. The summed E-state index contributed by atoms with van der Waals surface area (Å²) < 4.78 is 5.27. The molecule has 0 aromatic carbocycles. The summed E-state index contributed by atoms with van der Waals surface area (Å²) in [6.45, 7) is 17.3. The number of fused-ring (bicyclic) bond motifs is 7. The highest BCUT2D eigenvalue weighted by molar-refractivity contribution is 5.95. The molecule has 6 heteroatoms. The van der Waals surface area contributed by atoms with E-state index in [-0.39, 0.29) is 62.4 Å². The molecule has 0 spiro atoms. The van der Waals surface area contributed by atoms with Gasteiger partial charge in [0.2, 0.25) is 12.2 Å². The Labute approximate surface area is 234 Å². The standard InChI is InChI=1S/C33H51NO5/c1-19(35)39-26(37)20-9-11-31(6)24(28(20,2)3)10-12-33(8)25(31)23(36)17-21-22-18-30(5,27(34)38)14-13-29(22,4)15-16-32(21,33)7/h17,20,22,24-26,37H,9-16,18H2,1-8H3,(H2,34,38)/t20-,22+,24?,25+,26?,29+,30-,31-,32+,33+/m0/s1. The fourth-order valence-electron chi connectivity index (χ4n) is 11.2. The number of carbonyl (C=O) groups excluding carboxylic acids is 3. The molecule has 0 saturated heterocycles. The quantitative estimate of drug-likeness (QED) is 0.339. The molecule has 0 aromatic rings. The van der Waals surface area contributed by atoms with Gasteiger partial charge in [-0.3, -0.25) is 14.4 Å². The second kappa shape index (κ2) is 8.66. The lowest BCUT2D eigenvalue weighted by Crippen LogP contribution is -2.66. The van der Waals surface area contributed by atoms with Crippen LogP contribution in [0.3, 0.4) is 0 Å². The predicted octanol–water partition coefficient (Wildman–Crippen LogP) is 5.95. The average molecular weight is 542 g/mol. The third-order valence-corrected chi connectivity index (χ3v) is 13.9. The van der Waals surface area contributed by atoms with Gasteiger partial charge >= 0.3 is 5.97 Å². The van der Waals surface area contributed by atoms with Gasteiger partial charge in [0.05, 0.1) is 0 Å². The van der Waals surface area contributed by atoms with E-state index in [0.29, 0.717) is 0 Å². The van der Waals surface area contributed by atoms with Gasteiger partial charge < -0.3 is 15.6 Å². The Morgan fingerprint density at radius 2 is 1.62 bits per heavy atom. The molecular formula is C33H51NO5. The minimum Gasteiger partial charge on any atom is -0.436 e. The number of allylic oxidation sites excluding steroid dienone is 2. The molecule has 0 heterocycles. The van der Waals surface area contributed by atoms with E-state index in [2.05, 4.69) is 41.5 Å². The maximum absolute atomic E-state index is 14.5. The number of rotatable bonds is 3. The van der Waals surface area contributed by atoms with Crippen LogP contribution in [0.5, 0.6) is 0 Å². The number of carbonyl (C=O) groups is 3. The van der Waals surface area contributed by atoms with Crippen LogP contribution in [-0.4, -0.2) is 29.1 Å². The van der Waals surface area contributed by atoms with Crippen molar-refractivity contribution in [1.29, 1.82) is 0 Å². The molecule has 6 nitrogen and oxygen atoms in total. The van der Waals surface area contributed by atoms with Crippen molar-refractivity contribution in [2.45, 2.75) is 119 Å². The number of aliphatic hydroxyl groups excluding tert-OH is 1. The fraction of sp³-hybridized carbons (Fsp3) is 0.848. The normalized spacial score (nSPS) is 49.4. The van der Waals surface area contributed by atoms with Gasteiger partial charge in [0.25, 0.3) is 0 Å². The van der Waals surface area contributed by atoms with Crippen molar-refractivity contribution in [2.24, 2.45) is 61.9 Å². The molecule has 3 N–H and O–H groups in total. The van der Waals surface area contributed by atoms with E-state index in [0.717, 1.165) is 57.8 Å². The Morgan fingerprint density at radius 1 is 0.974 bits per heavy atom. The van der Waals surface area contributed by atoms with Crippen LogP contribution in [0, 0.1) is 56.2 Å². The third kappa shape index (κ3) is 3.78. The minimum atomic E-state index is -1.12. The Morgan fingerprint density at radius 3 is 2.23 bits per heavy atom. The second-order valence-corrected chi connectivity index (χ2v) is 16.1. The van der Waals surface area contributed by atoms with E-state index in [1.165, 1.54) is 12.5 Å². The van der Waals surface area contributed by atoms with Crippen molar-refractivity contribution in [2.75, 3.05) is 0 Å². The molecule has 2 unspecified atom stereocenters. The maximum Gasteiger partial charge on any atom is 0.304 e. The molecule has 5 aliphatic carbocycles. The van der Waals surface area contributed by atoms with Crippen molar-refractivity contribution in [3.8, 4) is 0 Å². The van der Waals surface area contributed by atoms with Gasteiger partial charge in [-0.15, -0.1) is 0 Å². The van der Waals surface area contributed by atoms with Crippen LogP contribution in [-0.2, 0) is 19.1 Å². The fourth-order valence-corrected chi connectivity index (χ4v) is 11.2. The molecule has 0 aromatic heterocycles. The molecule has 218 valence electrons. The van der Waals surface area contributed by atoms with Gasteiger partial charge in [0.15, 0.2) is 5.78 Å². The number of ether oxygens (including phenoxy) is 1. The van der Waals surface area contributed by atoms with Gasteiger partial charge in [0, 0.05) is 24.2 Å². The van der Waals surface area contributed by atoms with Crippen LogP contribution in [0.25, 0.3) is 0 Å². The first kappa shape index (κ1) is 28.8. The van der Waals surface area contributed by atoms with Crippen LogP contribution in [0.2, 0.25) is 0 Å². The van der Waals surface area contributed by atoms with Crippen LogP contribution < -0.4 is 5.73 Å². The highest BCUT2D eigenvalue weighted by Crippen LogP contribution is 2.75. The van der Waals surface area contributed by atoms with Gasteiger partial charge in [-0.25, -0.2) is 0 Å². The zero-order valence-electron chi connectivity index (χ0n) is 25.5. The van der Waals surface area contributed by atoms with Crippen molar-refractivity contribution in [3.05, 3.63) is 11.6 Å². The largest absolute Gasteiger partial charge is 0.436 e. The molecule has 5 aliphatic rings. The topological polar surface area (TPSA) is 107 Å². The summed E-state index contributed by atoms with van der Waals surface area (Å²) in [6.07, 6.45) is 9.10. The first-order valence-electron chi connectivity index (χ1n) is 15.3. The van der Waals surface area contributed by atoms with Crippen LogP contribution in [0.15, 0.2) is 11.6 Å². The lowest BCUT2D eigenvalue weighted by molar-refractivity contribution is -0.227. The average Bonchev–Trinajstić information content (AvgIpc) is 2.80. The van der Waals surface area contributed by atoms with E-state index >= 15 is 0 Å². The lowest BCUT2D eigenvalue weighted by Gasteiger charge is -2.70. The number of hydrogen-bond donors (Lipinski definition) is 2. The molecule has 4 fully saturated rings. The number of amides is 1. The van der Waals surface area contributed by atoms with Gasteiger partial charge in [-0.05, 0) is 103 Å². The molecule has 0 bridgehead atoms. The zero-order valence-corrected chi connectivity index (χ0v) is 25.5. The van der Waals surface area contributed by atoms with E-state index in [1.54, 1.807) is 0 Å². The molecule has 1 amide bonds. The summed E-state index contributed by atoms with van der Waals surface area (Å²) in [5.41, 5.74) is 5.99. The number of nitrogens with two attached hydrogens (primary N) is 1. The number of ketones is 1. The highest BCUT2D eigenvalue weighted by Gasteiger charge is 2.70. The van der Waals surface area contributed by atoms with Gasteiger partial charge in [-0.2, -0.15) is 0 Å². The Balaban J connectivity index is 1.55. The van der Waals surface area contributed by atoms with Crippen LogP contribution in [0.4, 0.5) is 0 Å². The summed E-state index contributed by atoms with van der Waals surface area (Å²) >= 11 is 0. The summed E-state index contributed by atoms with van der Waals surface area (Å²) in [5, 5.41) is 10.8. The minimum absolute atomic E-state index is 0.0950. The van der Waals surface area contributed by atoms with Crippen LogP contribution >= 0.6 is 0 Å². The second-order valence-electron chi connectivity index (χ2n) is 16.1. The van der Waals surface area contributed by atoms with Crippen molar-refractivity contribution >= 4 is 17.7 Å². The molecular weight excluding hydrogens is 490 g/mol. The third-order valence-electron chi connectivity index (χ3n) is 13.9. The summed E-state index contributed by atoms with van der Waals surface area (Å²) in [4.78, 5) is 38.6. The number of esters is 1. The number of primary amides is 1. The Hall–Kier alpha value is -1.69. The van der Waals surface area contributed by atoms with E-state index in [9.17, 15) is 19.5 Å². The van der Waals surface area contributed by atoms with Gasteiger partial charge in [-0.1, -0.05) is 54.0 Å². The smallest absolute Gasteiger partial charge is 0.304 e. The van der Waals surface area contributed by atoms with E-state index in [4.69, 9.17) is 10.5 Å². The summed E-state index contributed by atoms with van der Waals surface area (Å²) in [5.74, 6) is -0.256. The van der Waals surface area contributed by atoms with Crippen LogP contribution in [0.1, 0.15) is 113 Å². The monoisotopic (exact) mass is 541 g/mol. The Bertz CT molecular complexity index is 1130. The Kier molecular flexibility index (Phi) is 6.40. The highest BCUT2D eigenvalue weighted by atomic mass is 16.6. The molecule has 5 rings (SSSR count). The van der Waals surface area contributed by atoms with E-state index < -0.39 is 17.7 Å². The maximum atomic E-state index is 14.5. The van der Waals surface area contributed by atoms with Crippen molar-refractivity contribution < 1.29 is 24.2 Å². The molecule has 0 aliphatic heterocycles. The molecule has 39 heavy (non-hydrogen) atoms. The molecule has 4 saturated carbocycles. The number of hydrogen-bond acceptors (Lipinski definition) is 5. The predicted molar refractivity (Wildman–Crippen MR) is 150 cm³/mol. The van der Waals surface area contributed by atoms with Crippen molar-refractivity contribution in [3.63, 3.8) is 0 Å². The van der Waals surface area contributed by atoms with Gasteiger partial charge in [0.1, 0.15) is 0 Å². The van der Waals surface area contributed by atoms with Crippen molar-refractivity contribution in [1.82, 2.24) is 0 Å². The zero-order chi connectivity index (χ0) is 29.0. The first-order chi connectivity index (χ1) is 17.9. The summed E-state index contributed by atoms with van der Waals surface area (Å²) in [6, 6.07) is 0. The molecule has 10 atom stereocenters. The van der Waals surface area contributed by atoms with E-state index in [1.807, 2.05) is 13.0 Å². The first-order valence-corrected chi connectivity index (χ1v) is 15.3.